The molecule has 200 valence electrons. The van der Waals surface area contributed by atoms with Crippen molar-refractivity contribution in [1.82, 2.24) is 19.4 Å². The van der Waals surface area contributed by atoms with Crippen molar-refractivity contribution in [2.45, 2.75) is 31.5 Å². The number of alkyl halides is 3. The number of piperidine rings is 1. The molecule has 5 rings (SSSR count). The van der Waals surface area contributed by atoms with Crippen molar-refractivity contribution < 1.29 is 27.8 Å². The third kappa shape index (κ3) is 6.49. The SMILES string of the molecule is COc1ccc(CN2CCC(c3cc4c(ncn4C)c(-c4ccccc4)n3)CC2)cc1.O=C(O)C(F)(F)F. The predicted octanol–water partition coefficient (Wildman–Crippen LogP) is 5.66. The van der Waals surface area contributed by atoms with E-state index in [0.717, 1.165) is 60.5 Å². The van der Waals surface area contributed by atoms with E-state index in [1.165, 1.54) is 11.3 Å². The normalized spacial score (nSPS) is 14.7. The molecule has 4 aromatic rings. The first kappa shape index (κ1) is 27.1. The Labute approximate surface area is 218 Å². The van der Waals surface area contributed by atoms with Gasteiger partial charge >= 0.3 is 12.1 Å². The molecule has 1 fully saturated rings. The van der Waals surface area contributed by atoms with E-state index >= 15 is 0 Å². The zero-order valence-electron chi connectivity index (χ0n) is 21.2. The number of rotatable bonds is 5. The average molecular weight is 527 g/mol. The molecule has 1 aliphatic heterocycles. The summed E-state index contributed by atoms with van der Waals surface area (Å²) in [5, 5.41) is 7.12. The van der Waals surface area contributed by atoms with Crippen LogP contribution in [0.3, 0.4) is 0 Å². The van der Waals surface area contributed by atoms with E-state index in [2.05, 4.69) is 64.0 Å². The first-order chi connectivity index (χ1) is 18.2. The maximum absolute atomic E-state index is 10.6. The summed E-state index contributed by atoms with van der Waals surface area (Å²) in [4.78, 5) is 21.2. The van der Waals surface area contributed by atoms with E-state index in [0.29, 0.717) is 5.92 Å². The number of likely N-dealkylation sites (tertiary alicyclic amines) is 1. The van der Waals surface area contributed by atoms with Gasteiger partial charge in [-0.3, -0.25) is 9.88 Å². The van der Waals surface area contributed by atoms with Gasteiger partial charge in [-0.05, 0) is 49.7 Å². The van der Waals surface area contributed by atoms with Gasteiger partial charge in [0.2, 0.25) is 0 Å². The van der Waals surface area contributed by atoms with Crippen LogP contribution in [-0.2, 0) is 18.4 Å². The van der Waals surface area contributed by atoms with E-state index in [1.54, 1.807) is 7.11 Å². The summed E-state index contributed by atoms with van der Waals surface area (Å²) in [6.07, 6.45) is -0.943. The Kier molecular flexibility index (Phi) is 8.31. The number of nitrogens with zero attached hydrogens (tertiary/aromatic N) is 4. The third-order valence-corrected chi connectivity index (χ3v) is 6.59. The van der Waals surface area contributed by atoms with Crippen LogP contribution < -0.4 is 4.74 Å². The van der Waals surface area contributed by atoms with E-state index in [4.69, 9.17) is 19.6 Å². The van der Waals surface area contributed by atoms with Gasteiger partial charge in [0.25, 0.3) is 0 Å². The van der Waals surface area contributed by atoms with Gasteiger partial charge in [0, 0.05) is 30.8 Å². The van der Waals surface area contributed by atoms with Crippen LogP contribution in [0.4, 0.5) is 13.2 Å². The summed E-state index contributed by atoms with van der Waals surface area (Å²) in [7, 11) is 3.77. The Hall–Kier alpha value is -3.92. The van der Waals surface area contributed by atoms with Gasteiger partial charge < -0.3 is 14.4 Å². The van der Waals surface area contributed by atoms with E-state index < -0.39 is 12.1 Å². The largest absolute Gasteiger partial charge is 0.497 e. The number of ether oxygens (including phenoxy) is 1. The highest BCUT2D eigenvalue weighted by Gasteiger charge is 2.38. The first-order valence-electron chi connectivity index (χ1n) is 12.2. The van der Waals surface area contributed by atoms with Gasteiger partial charge in [0.15, 0.2) is 0 Å². The summed E-state index contributed by atoms with van der Waals surface area (Å²) < 4.78 is 39.1. The van der Waals surface area contributed by atoms with E-state index in [1.807, 2.05) is 24.5 Å². The van der Waals surface area contributed by atoms with Gasteiger partial charge in [0.1, 0.15) is 11.3 Å². The Morgan fingerprint density at radius 1 is 1.08 bits per heavy atom. The summed E-state index contributed by atoms with van der Waals surface area (Å²) in [5.74, 6) is -1.37. The fourth-order valence-corrected chi connectivity index (χ4v) is 4.53. The Morgan fingerprint density at radius 3 is 2.29 bits per heavy atom. The second-order valence-electron chi connectivity index (χ2n) is 9.19. The lowest BCUT2D eigenvalue weighted by atomic mass is 9.92. The van der Waals surface area contributed by atoms with Crippen molar-refractivity contribution >= 4 is 17.0 Å². The molecule has 2 aromatic carbocycles. The molecule has 0 spiro atoms. The summed E-state index contributed by atoms with van der Waals surface area (Å²) in [6, 6.07) is 21.1. The molecule has 38 heavy (non-hydrogen) atoms. The number of hydrogen-bond acceptors (Lipinski definition) is 5. The number of benzene rings is 2. The van der Waals surface area contributed by atoms with E-state index in [9.17, 15) is 13.2 Å². The van der Waals surface area contributed by atoms with Gasteiger partial charge in [-0.15, -0.1) is 0 Å². The molecule has 0 atom stereocenters. The number of pyridine rings is 1. The molecule has 0 radical (unpaired) electrons. The number of carbonyl (C=O) groups is 1. The first-order valence-corrected chi connectivity index (χ1v) is 12.2. The van der Waals surface area contributed by atoms with Crippen molar-refractivity contribution in [3.63, 3.8) is 0 Å². The van der Waals surface area contributed by atoms with Crippen LogP contribution >= 0.6 is 0 Å². The lowest BCUT2D eigenvalue weighted by Gasteiger charge is -2.32. The molecule has 0 bridgehead atoms. The number of fused-ring (bicyclic) bond motifs is 1. The number of hydrogen-bond donors (Lipinski definition) is 1. The van der Waals surface area contributed by atoms with Gasteiger partial charge in [0.05, 0.1) is 24.6 Å². The molecule has 1 N–H and O–H groups in total. The van der Waals surface area contributed by atoms with Gasteiger partial charge in [-0.25, -0.2) is 9.78 Å². The summed E-state index contributed by atoms with van der Waals surface area (Å²) in [5.41, 5.74) is 6.79. The molecule has 2 aromatic heterocycles. The second-order valence-corrected chi connectivity index (χ2v) is 9.19. The zero-order chi connectivity index (χ0) is 27.3. The third-order valence-electron chi connectivity index (χ3n) is 6.59. The number of aryl methyl sites for hydroxylation is 1. The Balaban J connectivity index is 0.000000426. The molecule has 0 aliphatic carbocycles. The Morgan fingerprint density at radius 2 is 1.71 bits per heavy atom. The monoisotopic (exact) mass is 526 g/mol. The molecule has 0 unspecified atom stereocenters. The number of aromatic nitrogens is 3. The smallest absolute Gasteiger partial charge is 0.490 e. The van der Waals surface area contributed by atoms with Gasteiger partial charge in [-0.1, -0.05) is 42.5 Å². The lowest BCUT2D eigenvalue weighted by molar-refractivity contribution is -0.192. The highest BCUT2D eigenvalue weighted by atomic mass is 19.4. The number of carboxylic acids is 1. The predicted molar refractivity (Wildman–Crippen MR) is 138 cm³/mol. The topological polar surface area (TPSA) is 80.5 Å². The van der Waals surface area contributed by atoms with Crippen LogP contribution in [0.15, 0.2) is 67.0 Å². The standard InChI is InChI=1S/C26H28N4O.C2HF3O2/c1-29-18-27-26-24(29)16-23(28-25(26)21-6-4-3-5-7-21)20-12-14-30(15-13-20)17-19-8-10-22(31-2)11-9-19;3-2(4,5)1(6)7/h3-11,16,18,20H,12-15,17H2,1-2H3;(H,6,7). The van der Waals surface area contributed by atoms with Crippen LogP contribution in [0, 0.1) is 0 Å². The summed E-state index contributed by atoms with van der Waals surface area (Å²) in [6.45, 7) is 3.16. The van der Waals surface area contributed by atoms with E-state index in [-0.39, 0.29) is 0 Å². The van der Waals surface area contributed by atoms with Gasteiger partial charge in [-0.2, -0.15) is 13.2 Å². The molecule has 7 nitrogen and oxygen atoms in total. The number of methoxy groups -OCH3 is 1. The minimum Gasteiger partial charge on any atom is -0.497 e. The molecule has 1 aliphatic rings. The average Bonchev–Trinajstić information content (AvgIpc) is 3.30. The van der Waals surface area contributed by atoms with Crippen LogP contribution in [0.2, 0.25) is 0 Å². The van der Waals surface area contributed by atoms with Crippen molar-refractivity contribution in [3.8, 4) is 17.0 Å². The summed E-state index contributed by atoms with van der Waals surface area (Å²) >= 11 is 0. The maximum atomic E-state index is 10.6. The lowest BCUT2D eigenvalue weighted by Crippen LogP contribution is -2.32. The van der Waals surface area contributed by atoms with Crippen LogP contribution in [0.25, 0.3) is 22.3 Å². The highest BCUT2D eigenvalue weighted by molar-refractivity contribution is 5.90. The minimum atomic E-state index is -5.08. The molecule has 0 saturated carbocycles. The molecule has 10 heteroatoms. The van der Waals surface area contributed by atoms with Crippen LogP contribution in [0.1, 0.15) is 30.0 Å². The van der Waals surface area contributed by atoms with Crippen molar-refractivity contribution in [1.29, 1.82) is 0 Å². The fraction of sp³-hybridized carbons (Fsp3) is 0.321. The van der Waals surface area contributed by atoms with Crippen molar-refractivity contribution in [2.75, 3.05) is 20.2 Å². The number of imidazole rings is 1. The molecule has 1 saturated heterocycles. The second kappa shape index (κ2) is 11.6. The maximum Gasteiger partial charge on any atom is 0.490 e. The minimum absolute atomic E-state index is 0.480. The van der Waals surface area contributed by atoms with Crippen molar-refractivity contribution in [2.24, 2.45) is 7.05 Å². The number of halogens is 3. The molecular weight excluding hydrogens is 497 g/mol. The molecule has 0 amide bonds. The fourth-order valence-electron chi connectivity index (χ4n) is 4.53. The van der Waals surface area contributed by atoms with Crippen molar-refractivity contribution in [3.05, 3.63) is 78.2 Å². The quantitative estimate of drug-likeness (QED) is 0.362. The molecular formula is C28H29F3N4O3. The Bertz CT molecular complexity index is 1360. The number of carboxylic acid groups (broad SMARTS) is 1. The zero-order valence-corrected chi connectivity index (χ0v) is 21.2. The van der Waals surface area contributed by atoms with Crippen LogP contribution in [0.5, 0.6) is 5.75 Å². The number of aliphatic carboxylic acids is 1. The highest BCUT2D eigenvalue weighted by Crippen LogP contribution is 2.33. The van der Waals surface area contributed by atoms with Crippen LogP contribution in [-0.4, -0.2) is 56.9 Å². The molecule has 3 heterocycles.